The molecule has 0 aliphatic heterocycles. The molecule has 0 amide bonds. The number of hydrogen-bond donors (Lipinski definition) is 2. The molecule has 1 atom stereocenters. The van der Waals surface area contributed by atoms with Crippen molar-refractivity contribution in [3.05, 3.63) is 27.7 Å². The van der Waals surface area contributed by atoms with Crippen LogP contribution in [-0.4, -0.2) is 11.0 Å². The number of rotatable bonds is 4. The monoisotopic (exact) mass is 237 g/mol. The van der Waals surface area contributed by atoms with Crippen LogP contribution in [0.3, 0.4) is 0 Å². The molecule has 1 heterocycles. The van der Waals surface area contributed by atoms with Crippen molar-refractivity contribution in [3.63, 3.8) is 0 Å². The van der Waals surface area contributed by atoms with Crippen molar-refractivity contribution in [2.24, 2.45) is 5.84 Å². The second kappa shape index (κ2) is 5.57. The molecule has 3 nitrogen and oxygen atoms in total. The lowest BCUT2D eigenvalue weighted by Crippen LogP contribution is -2.38. The average Bonchev–Trinajstić information content (AvgIpc) is 2.73. The molecule has 1 aromatic heterocycles. The number of hydrogen-bond acceptors (Lipinski definition) is 4. The summed E-state index contributed by atoms with van der Waals surface area (Å²) in [5.74, 6) is 5.64. The quantitative estimate of drug-likeness (QED) is 0.480. The highest BCUT2D eigenvalue weighted by molar-refractivity contribution is 7.09. The van der Waals surface area contributed by atoms with Gasteiger partial charge in [-0.05, 0) is 32.6 Å². The van der Waals surface area contributed by atoms with E-state index in [1.807, 2.05) is 6.92 Å². The SMILES string of the molecule is Cc1nc(CC(NN)C2=CCCCC2)cs1. The molecule has 0 spiro atoms. The number of nitrogens with zero attached hydrogens (tertiary/aromatic N) is 1. The molecular weight excluding hydrogens is 218 g/mol. The summed E-state index contributed by atoms with van der Waals surface area (Å²) in [6.45, 7) is 2.04. The van der Waals surface area contributed by atoms with Crippen LogP contribution in [0.2, 0.25) is 0 Å². The molecule has 1 aromatic rings. The van der Waals surface area contributed by atoms with Gasteiger partial charge in [-0.3, -0.25) is 11.3 Å². The van der Waals surface area contributed by atoms with Crippen molar-refractivity contribution in [3.8, 4) is 0 Å². The predicted molar refractivity (Wildman–Crippen MR) is 68.2 cm³/mol. The first-order chi connectivity index (χ1) is 7.79. The molecule has 1 aliphatic carbocycles. The summed E-state index contributed by atoms with van der Waals surface area (Å²) in [5.41, 5.74) is 5.53. The molecule has 0 fully saturated rings. The Kier molecular flexibility index (Phi) is 4.09. The van der Waals surface area contributed by atoms with E-state index in [-0.39, 0.29) is 6.04 Å². The lowest BCUT2D eigenvalue weighted by molar-refractivity contribution is 0.539. The van der Waals surface area contributed by atoms with Gasteiger partial charge in [0.25, 0.3) is 0 Å². The maximum Gasteiger partial charge on any atom is 0.0897 e. The summed E-state index contributed by atoms with van der Waals surface area (Å²) in [6, 6.07) is 0.266. The number of aryl methyl sites for hydroxylation is 1. The van der Waals surface area contributed by atoms with Gasteiger partial charge in [0.15, 0.2) is 0 Å². The number of thiazole rings is 1. The molecule has 88 valence electrons. The summed E-state index contributed by atoms with van der Waals surface area (Å²) in [7, 11) is 0. The topological polar surface area (TPSA) is 50.9 Å². The van der Waals surface area contributed by atoms with Gasteiger partial charge in [-0.2, -0.15) is 0 Å². The highest BCUT2D eigenvalue weighted by Gasteiger charge is 2.16. The van der Waals surface area contributed by atoms with E-state index in [4.69, 9.17) is 5.84 Å². The highest BCUT2D eigenvalue weighted by Crippen LogP contribution is 2.22. The van der Waals surface area contributed by atoms with E-state index in [0.717, 1.165) is 17.1 Å². The minimum atomic E-state index is 0.266. The third-order valence-electron chi connectivity index (χ3n) is 3.05. The van der Waals surface area contributed by atoms with E-state index in [2.05, 4.69) is 21.9 Å². The number of hydrazine groups is 1. The van der Waals surface area contributed by atoms with E-state index in [1.165, 1.54) is 31.3 Å². The van der Waals surface area contributed by atoms with Crippen LogP contribution in [0.4, 0.5) is 0 Å². The highest BCUT2D eigenvalue weighted by atomic mass is 32.1. The fraction of sp³-hybridized carbons (Fsp3) is 0.583. The zero-order valence-corrected chi connectivity index (χ0v) is 10.5. The standard InChI is InChI=1S/C12H19N3S/c1-9-14-11(8-16-9)7-12(15-13)10-5-3-2-4-6-10/h5,8,12,15H,2-4,6-7,13H2,1H3. The van der Waals surface area contributed by atoms with E-state index < -0.39 is 0 Å². The second-order valence-corrected chi connectivity index (χ2v) is 5.37. The Morgan fingerprint density at radius 1 is 1.56 bits per heavy atom. The Bertz CT molecular complexity index is 370. The van der Waals surface area contributed by atoms with Crippen LogP contribution in [0.15, 0.2) is 17.0 Å². The van der Waals surface area contributed by atoms with Crippen molar-refractivity contribution in [1.29, 1.82) is 0 Å². The molecule has 2 rings (SSSR count). The van der Waals surface area contributed by atoms with E-state index in [9.17, 15) is 0 Å². The zero-order valence-electron chi connectivity index (χ0n) is 9.70. The normalized spacial score (nSPS) is 18.2. The zero-order chi connectivity index (χ0) is 11.4. The van der Waals surface area contributed by atoms with Gasteiger partial charge in [0, 0.05) is 17.8 Å². The van der Waals surface area contributed by atoms with Gasteiger partial charge >= 0.3 is 0 Å². The van der Waals surface area contributed by atoms with E-state index in [0.29, 0.717) is 0 Å². The van der Waals surface area contributed by atoms with Crippen molar-refractivity contribution in [2.75, 3.05) is 0 Å². The largest absolute Gasteiger partial charge is 0.271 e. The molecule has 4 heteroatoms. The second-order valence-electron chi connectivity index (χ2n) is 4.31. The summed E-state index contributed by atoms with van der Waals surface area (Å²) >= 11 is 1.70. The van der Waals surface area contributed by atoms with Crippen molar-refractivity contribution >= 4 is 11.3 Å². The van der Waals surface area contributed by atoms with E-state index in [1.54, 1.807) is 11.3 Å². The lowest BCUT2D eigenvalue weighted by atomic mass is 9.92. The number of nitrogens with two attached hydrogens (primary N) is 1. The third-order valence-corrected chi connectivity index (χ3v) is 3.88. The van der Waals surface area contributed by atoms with Crippen LogP contribution in [0.1, 0.15) is 36.4 Å². The Hall–Kier alpha value is -0.710. The molecule has 0 radical (unpaired) electrons. The maximum atomic E-state index is 5.64. The first kappa shape index (κ1) is 11.8. The number of nitrogens with one attached hydrogen (secondary N) is 1. The maximum absolute atomic E-state index is 5.64. The van der Waals surface area contributed by atoms with Crippen LogP contribution < -0.4 is 11.3 Å². The van der Waals surface area contributed by atoms with Crippen molar-refractivity contribution < 1.29 is 0 Å². The summed E-state index contributed by atoms with van der Waals surface area (Å²) in [4.78, 5) is 4.49. The van der Waals surface area contributed by atoms with Crippen LogP contribution in [-0.2, 0) is 6.42 Å². The van der Waals surface area contributed by atoms with Gasteiger partial charge in [0.1, 0.15) is 0 Å². The number of aromatic nitrogens is 1. The molecule has 0 bridgehead atoms. The van der Waals surface area contributed by atoms with Gasteiger partial charge in [-0.1, -0.05) is 11.6 Å². The molecule has 0 saturated heterocycles. The Morgan fingerprint density at radius 3 is 3.00 bits per heavy atom. The van der Waals surface area contributed by atoms with Gasteiger partial charge in [-0.25, -0.2) is 4.98 Å². The first-order valence-electron chi connectivity index (χ1n) is 5.85. The Balaban J connectivity index is 2.02. The molecule has 3 N–H and O–H groups in total. The average molecular weight is 237 g/mol. The Labute approximate surface area is 101 Å². The molecule has 16 heavy (non-hydrogen) atoms. The van der Waals surface area contributed by atoms with Gasteiger partial charge in [0.2, 0.25) is 0 Å². The van der Waals surface area contributed by atoms with Crippen LogP contribution >= 0.6 is 11.3 Å². The third kappa shape index (κ3) is 2.90. The molecule has 1 aliphatic rings. The number of allylic oxidation sites excluding steroid dienone is 1. The lowest BCUT2D eigenvalue weighted by Gasteiger charge is -2.21. The fourth-order valence-corrected chi connectivity index (χ4v) is 2.81. The minimum absolute atomic E-state index is 0.266. The summed E-state index contributed by atoms with van der Waals surface area (Å²) in [6.07, 6.45) is 8.23. The van der Waals surface area contributed by atoms with Crippen molar-refractivity contribution in [1.82, 2.24) is 10.4 Å². The van der Waals surface area contributed by atoms with Crippen LogP contribution in [0, 0.1) is 6.92 Å². The Morgan fingerprint density at radius 2 is 2.44 bits per heavy atom. The molecule has 1 unspecified atom stereocenters. The first-order valence-corrected chi connectivity index (χ1v) is 6.73. The minimum Gasteiger partial charge on any atom is -0.271 e. The van der Waals surface area contributed by atoms with Crippen LogP contribution in [0.25, 0.3) is 0 Å². The summed E-state index contributed by atoms with van der Waals surface area (Å²) < 4.78 is 0. The van der Waals surface area contributed by atoms with Gasteiger partial charge < -0.3 is 0 Å². The van der Waals surface area contributed by atoms with Gasteiger partial charge in [0.05, 0.1) is 10.7 Å². The van der Waals surface area contributed by atoms with Crippen LogP contribution in [0.5, 0.6) is 0 Å². The predicted octanol–water partition coefficient (Wildman–Crippen LogP) is 2.33. The molecule has 0 aromatic carbocycles. The summed E-state index contributed by atoms with van der Waals surface area (Å²) in [5, 5.41) is 3.26. The van der Waals surface area contributed by atoms with E-state index >= 15 is 0 Å². The van der Waals surface area contributed by atoms with Gasteiger partial charge in [-0.15, -0.1) is 11.3 Å². The molecule has 0 saturated carbocycles. The smallest absolute Gasteiger partial charge is 0.0897 e. The fourth-order valence-electron chi connectivity index (χ4n) is 2.19. The van der Waals surface area contributed by atoms with Crippen molar-refractivity contribution in [2.45, 2.75) is 45.1 Å². The molecular formula is C12H19N3S.